The van der Waals surface area contributed by atoms with Gasteiger partial charge in [0.05, 0.1) is 9.37 Å². The molecule has 100 valence electrons. The molecule has 1 atom stereocenters. The molecule has 0 spiro atoms. The Morgan fingerprint density at radius 2 is 2.17 bits per heavy atom. The standard InChI is InChI=1S/C10H11BrFNO4S/c1-2-9(10(14)15)13-18(16,17)6-3-4-7(11)8(12)5-6/h3-5,9,13H,2H2,1H3,(H,14,15)/t9-/m0/s1. The molecule has 0 fully saturated rings. The van der Waals surface area contributed by atoms with Crippen LogP contribution in [0.5, 0.6) is 0 Å². The molecule has 18 heavy (non-hydrogen) atoms. The Kier molecular flexibility index (Phi) is 4.83. The van der Waals surface area contributed by atoms with Crippen molar-refractivity contribution in [2.75, 3.05) is 0 Å². The molecule has 0 aliphatic rings. The fourth-order valence-electron chi connectivity index (χ4n) is 1.21. The van der Waals surface area contributed by atoms with Gasteiger partial charge in [0.2, 0.25) is 10.0 Å². The number of halogens is 2. The van der Waals surface area contributed by atoms with Gasteiger partial charge in [-0.3, -0.25) is 4.79 Å². The molecule has 1 rings (SSSR count). The van der Waals surface area contributed by atoms with Gasteiger partial charge in [0.1, 0.15) is 11.9 Å². The van der Waals surface area contributed by atoms with Crippen LogP contribution >= 0.6 is 15.9 Å². The summed E-state index contributed by atoms with van der Waals surface area (Å²) in [6, 6.07) is 2.01. The fraction of sp³-hybridized carbons (Fsp3) is 0.300. The highest BCUT2D eigenvalue weighted by atomic mass is 79.9. The number of aliphatic carboxylic acids is 1. The Morgan fingerprint density at radius 3 is 2.61 bits per heavy atom. The Balaban J connectivity index is 3.06. The molecule has 0 unspecified atom stereocenters. The van der Waals surface area contributed by atoms with Crippen molar-refractivity contribution in [3.8, 4) is 0 Å². The van der Waals surface area contributed by atoms with Gasteiger partial charge in [0.15, 0.2) is 0 Å². The van der Waals surface area contributed by atoms with Gasteiger partial charge in [-0.1, -0.05) is 6.92 Å². The lowest BCUT2D eigenvalue weighted by Crippen LogP contribution is -2.40. The molecule has 8 heteroatoms. The first-order valence-electron chi connectivity index (χ1n) is 4.98. The molecule has 0 saturated heterocycles. The number of nitrogens with one attached hydrogen (secondary N) is 1. The monoisotopic (exact) mass is 339 g/mol. The molecule has 1 aromatic rings. The molecule has 1 aromatic carbocycles. The molecule has 0 aromatic heterocycles. The number of rotatable bonds is 5. The maximum absolute atomic E-state index is 13.2. The summed E-state index contributed by atoms with van der Waals surface area (Å²) in [6.07, 6.45) is 0.0908. The molecule has 0 amide bonds. The average molecular weight is 340 g/mol. The van der Waals surface area contributed by atoms with Crippen LogP contribution < -0.4 is 4.72 Å². The van der Waals surface area contributed by atoms with Crippen LogP contribution in [0, 0.1) is 5.82 Å². The van der Waals surface area contributed by atoms with E-state index in [9.17, 15) is 17.6 Å². The van der Waals surface area contributed by atoms with Crippen LogP contribution in [0.4, 0.5) is 4.39 Å². The highest BCUT2D eigenvalue weighted by molar-refractivity contribution is 9.10. The van der Waals surface area contributed by atoms with E-state index < -0.39 is 27.9 Å². The number of hydrogen-bond donors (Lipinski definition) is 2. The number of sulfonamides is 1. The van der Waals surface area contributed by atoms with Crippen molar-refractivity contribution in [1.29, 1.82) is 0 Å². The molecule has 0 radical (unpaired) electrons. The zero-order valence-corrected chi connectivity index (χ0v) is 11.8. The third-order valence-corrected chi connectivity index (χ3v) is 4.32. The van der Waals surface area contributed by atoms with E-state index in [-0.39, 0.29) is 15.8 Å². The van der Waals surface area contributed by atoms with Crippen molar-refractivity contribution in [3.05, 3.63) is 28.5 Å². The number of carboxylic acid groups (broad SMARTS) is 1. The Labute approximate surface area is 112 Å². The van der Waals surface area contributed by atoms with Gasteiger partial charge in [-0.2, -0.15) is 4.72 Å². The highest BCUT2D eigenvalue weighted by Gasteiger charge is 2.24. The third-order valence-electron chi connectivity index (χ3n) is 2.21. The van der Waals surface area contributed by atoms with Crippen LogP contribution in [0.15, 0.2) is 27.6 Å². The van der Waals surface area contributed by atoms with Crippen molar-refractivity contribution >= 4 is 31.9 Å². The van der Waals surface area contributed by atoms with E-state index in [2.05, 4.69) is 15.9 Å². The Morgan fingerprint density at radius 1 is 1.56 bits per heavy atom. The van der Waals surface area contributed by atoms with Gasteiger partial charge in [-0.25, -0.2) is 12.8 Å². The molecule has 0 bridgehead atoms. The highest BCUT2D eigenvalue weighted by Crippen LogP contribution is 2.19. The molecule has 0 aliphatic heterocycles. The van der Waals surface area contributed by atoms with E-state index >= 15 is 0 Å². The Hall–Kier alpha value is -0.990. The lowest BCUT2D eigenvalue weighted by atomic mass is 10.2. The van der Waals surface area contributed by atoms with Gasteiger partial charge in [0, 0.05) is 0 Å². The fourth-order valence-corrected chi connectivity index (χ4v) is 2.74. The van der Waals surface area contributed by atoms with Crippen LogP contribution in [0.2, 0.25) is 0 Å². The van der Waals surface area contributed by atoms with Crippen LogP contribution in [-0.2, 0) is 14.8 Å². The molecule has 0 aliphatic carbocycles. The molecular weight excluding hydrogens is 329 g/mol. The SMILES string of the molecule is CC[C@H](NS(=O)(=O)c1ccc(Br)c(F)c1)C(=O)O. The van der Waals surface area contributed by atoms with Gasteiger partial charge in [-0.05, 0) is 40.5 Å². The summed E-state index contributed by atoms with van der Waals surface area (Å²) in [5.74, 6) is -2.01. The van der Waals surface area contributed by atoms with Crippen molar-refractivity contribution in [2.24, 2.45) is 0 Å². The van der Waals surface area contributed by atoms with Crippen LogP contribution in [0.1, 0.15) is 13.3 Å². The summed E-state index contributed by atoms with van der Waals surface area (Å²) in [6.45, 7) is 1.53. The van der Waals surface area contributed by atoms with E-state index in [1.807, 2.05) is 4.72 Å². The number of carbonyl (C=O) groups is 1. The normalized spacial score (nSPS) is 13.3. The minimum absolute atomic E-state index is 0.0908. The van der Waals surface area contributed by atoms with Gasteiger partial charge < -0.3 is 5.11 Å². The van der Waals surface area contributed by atoms with Gasteiger partial charge in [-0.15, -0.1) is 0 Å². The second-order valence-corrected chi connectivity index (χ2v) is 6.06. The van der Waals surface area contributed by atoms with E-state index in [1.165, 1.54) is 19.1 Å². The predicted molar refractivity (Wildman–Crippen MR) is 66.1 cm³/mol. The van der Waals surface area contributed by atoms with Crippen LogP contribution in [0.25, 0.3) is 0 Å². The maximum Gasteiger partial charge on any atom is 0.321 e. The summed E-state index contributed by atoms with van der Waals surface area (Å²) in [4.78, 5) is 10.4. The van der Waals surface area contributed by atoms with Crippen molar-refractivity contribution in [3.63, 3.8) is 0 Å². The van der Waals surface area contributed by atoms with Crippen molar-refractivity contribution in [1.82, 2.24) is 4.72 Å². The molecular formula is C10H11BrFNO4S. The lowest BCUT2D eigenvalue weighted by molar-refractivity contribution is -0.139. The van der Waals surface area contributed by atoms with E-state index in [4.69, 9.17) is 5.11 Å². The van der Waals surface area contributed by atoms with Gasteiger partial charge in [0.25, 0.3) is 0 Å². The number of carboxylic acids is 1. The minimum atomic E-state index is -4.05. The molecule has 0 heterocycles. The topological polar surface area (TPSA) is 83.5 Å². The smallest absolute Gasteiger partial charge is 0.321 e. The second kappa shape index (κ2) is 5.77. The summed E-state index contributed by atoms with van der Waals surface area (Å²) in [7, 11) is -4.05. The quantitative estimate of drug-likeness (QED) is 0.855. The minimum Gasteiger partial charge on any atom is -0.480 e. The van der Waals surface area contributed by atoms with Gasteiger partial charge >= 0.3 is 5.97 Å². The van der Waals surface area contributed by atoms with Crippen LogP contribution in [0.3, 0.4) is 0 Å². The summed E-state index contributed by atoms with van der Waals surface area (Å²) < 4.78 is 39.0. The van der Waals surface area contributed by atoms with Crippen LogP contribution in [-0.4, -0.2) is 25.5 Å². The number of hydrogen-bond acceptors (Lipinski definition) is 3. The second-order valence-electron chi connectivity index (χ2n) is 3.50. The zero-order chi connectivity index (χ0) is 13.9. The van der Waals surface area contributed by atoms with Crippen molar-refractivity contribution in [2.45, 2.75) is 24.3 Å². The summed E-state index contributed by atoms with van der Waals surface area (Å²) >= 11 is 2.90. The first kappa shape index (κ1) is 15.1. The van der Waals surface area contributed by atoms with Crippen molar-refractivity contribution < 1.29 is 22.7 Å². The molecule has 2 N–H and O–H groups in total. The first-order valence-corrected chi connectivity index (χ1v) is 7.25. The zero-order valence-electron chi connectivity index (χ0n) is 9.35. The Bertz CT molecular complexity index is 561. The van der Waals surface area contributed by atoms with E-state index in [0.717, 1.165) is 6.07 Å². The third kappa shape index (κ3) is 3.50. The molecule has 5 nitrogen and oxygen atoms in total. The van der Waals surface area contributed by atoms with E-state index in [0.29, 0.717) is 0 Å². The lowest BCUT2D eigenvalue weighted by Gasteiger charge is -2.12. The number of benzene rings is 1. The average Bonchev–Trinajstić information content (AvgIpc) is 2.29. The van der Waals surface area contributed by atoms with E-state index in [1.54, 1.807) is 0 Å². The molecule has 0 saturated carbocycles. The summed E-state index contributed by atoms with van der Waals surface area (Å²) in [5, 5.41) is 8.77. The summed E-state index contributed by atoms with van der Waals surface area (Å²) in [5.41, 5.74) is 0. The predicted octanol–water partition coefficient (Wildman–Crippen LogP) is 1.73. The maximum atomic E-state index is 13.2. The first-order chi connectivity index (χ1) is 8.27. The largest absolute Gasteiger partial charge is 0.480 e.